The van der Waals surface area contributed by atoms with E-state index in [0.29, 0.717) is 32.2 Å². The Kier molecular flexibility index (Phi) is 11.4. The molecule has 2 atom stereocenters. The molecule has 0 saturated carbocycles. The lowest BCUT2D eigenvalue weighted by atomic mass is 9.92. The Bertz CT molecular complexity index is 1570. The van der Waals surface area contributed by atoms with Crippen molar-refractivity contribution in [2.45, 2.75) is 88.4 Å². The van der Waals surface area contributed by atoms with Gasteiger partial charge in [-0.1, -0.05) is 57.2 Å². The molecule has 10 nitrogen and oxygen atoms in total. The van der Waals surface area contributed by atoms with Gasteiger partial charge in [0, 0.05) is 87.8 Å². The maximum Gasteiger partial charge on any atom is 0.322 e. The van der Waals surface area contributed by atoms with Crippen molar-refractivity contribution in [1.29, 1.82) is 0 Å². The van der Waals surface area contributed by atoms with Crippen LogP contribution in [0, 0.1) is 5.41 Å². The molecule has 4 saturated heterocycles. The fraction of sp³-hybridized carbons (Fsp3) is 0.634. The van der Waals surface area contributed by atoms with Crippen molar-refractivity contribution in [3.63, 3.8) is 0 Å². The molecule has 4 amide bonds. The molecule has 0 bridgehead atoms. The minimum absolute atomic E-state index is 0.0479. The second-order valence-corrected chi connectivity index (χ2v) is 18.1. The van der Waals surface area contributed by atoms with E-state index in [2.05, 4.69) is 83.1 Å². The second kappa shape index (κ2) is 16.0. The number of likely N-dealkylation sites (tertiary alicyclic amines) is 2. The Morgan fingerprint density at radius 2 is 1.50 bits per heavy atom. The molecule has 0 radical (unpaired) electrons. The zero-order chi connectivity index (χ0) is 36.4. The molecule has 52 heavy (non-hydrogen) atoms. The topological polar surface area (TPSA) is 82.7 Å². The first-order valence-electron chi connectivity index (χ1n) is 19.7. The molecule has 2 aromatic rings. The molecule has 2 unspecified atom stereocenters. The number of benzene rings is 2. The zero-order valence-electron chi connectivity index (χ0n) is 31.8. The Labute approximate surface area is 315 Å². The molecule has 0 aliphatic carbocycles. The quantitative estimate of drug-likeness (QED) is 0.371. The van der Waals surface area contributed by atoms with Gasteiger partial charge in [0.05, 0.1) is 5.25 Å². The number of carbonyl (C=O) groups is 3. The van der Waals surface area contributed by atoms with E-state index >= 15 is 0 Å². The van der Waals surface area contributed by atoms with E-state index in [0.717, 1.165) is 63.1 Å². The maximum atomic E-state index is 14.2. The van der Waals surface area contributed by atoms with Gasteiger partial charge in [-0.25, -0.2) is 4.79 Å². The molecule has 1 N–H and O–H groups in total. The molecule has 0 aromatic heterocycles. The largest absolute Gasteiger partial charge is 0.369 e. The Morgan fingerprint density at radius 1 is 0.827 bits per heavy atom. The molecule has 7 rings (SSSR count). The van der Waals surface area contributed by atoms with Crippen LogP contribution in [0.3, 0.4) is 0 Å². The smallest absolute Gasteiger partial charge is 0.322 e. The van der Waals surface area contributed by atoms with Crippen LogP contribution in [-0.2, 0) is 16.0 Å². The number of nitrogens with one attached hydrogen (secondary N) is 1. The average molecular weight is 730 g/mol. The third-order valence-electron chi connectivity index (χ3n) is 12.1. The van der Waals surface area contributed by atoms with E-state index in [1.807, 2.05) is 28.0 Å². The first kappa shape index (κ1) is 37.1. The Morgan fingerprint density at radius 3 is 2.23 bits per heavy atom. The molecular formula is C41H59N7O3S. The van der Waals surface area contributed by atoms with Crippen LogP contribution in [-0.4, -0.2) is 132 Å². The van der Waals surface area contributed by atoms with E-state index in [4.69, 9.17) is 0 Å². The van der Waals surface area contributed by atoms with E-state index in [9.17, 15) is 14.4 Å². The van der Waals surface area contributed by atoms with E-state index in [1.54, 1.807) is 11.8 Å². The van der Waals surface area contributed by atoms with Crippen molar-refractivity contribution in [3.8, 4) is 0 Å². The molecular weight excluding hydrogens is 671 g/mol. The van der Waals surface area contributed by atoms with Crippen molar-refractivity contribution >= 4 is 41.0 Å². The van der Waals surface area contributed by atoms with Gasteiger partial charge in [-0.2, -0.15) is 0 Å². The molecule has 4 fully saturated rings. The molecule has 11 heteroatoms. The number of piperidine rings is 2. The molecule has 5 heterocycles. The van der Waals surface area contributed by atoms with Gasteiger partial charge >= 0.3 is 6.03 Å². The summed E-state index contributed by atoms with van der Waals surface area (Å²) >= 11 is 1.67. The van der Waals surface area contributed by atoms with Gasteiger partial charge in [0.25, 0.3) is 0 Å². The van der Waals surface area contributed by atoms with E-state index in [1.165, 1.54) is 37.2 Å². The van der Waals surface area contributed by atoms with Crippen molar-refractivity contribution in [2.24, 2.45) is 5.41 Å². The standard InChI is InChI=1S/C41H59N7O3S/c1-41(2,3)18-24-48-38(50)36(29-37(49)46-21-16-32(17-22-46)47-23-13-30-9-5-7-11-34(30)42-40(47)51)52-39(48)33-10-6-8-12-35(33)45-27-25-44(26-28-45)31-14-19-43(4)20-15-31/h5-12,31-32,36,39H,13-29H2,1-4H3,(H,42,51). The number of piperazine rings is 1. The fourth-order valence-corrected chi connectivity index (χ4v) is 10.3. The number of thioether (sulfide) groups is 1. The number of anilines is 2. The molecule has 5 aliphatic heterocycles. The summed E-state index contributed by atoms with van der Waals surface area (Å²) < 4.78 is 0. The first-order chi connectivity index (χ1) is 25.0. The second-order valence-electron chi connectivity index (χ2n) is 16.8. The van der Waals surface area contributed by atoms with Crippen LogP contribution in [0.5, 0.6) is 0 Å². The number of hydrogen-bond donors (Lipinski definition) is 1. The van der Waals surface area contributed by atoms with E-state index in [-0.39, 0.29) is 41.1 Å². The van der Waals surface area contributed by atoms with Crippen molar-refractivity contribution < 1.29 is 14.4 Å². The zero-order valence-corrected chi connectivity index (χ0v) is 32.6. The van der Waals surface area contributed by atoms with Gasteiger partial charge in [0.2, 0.25) is 11.8 Å². The number of hydrogen-bond acceptors (Lipinski definition) is 7. The Hall–Kier alpha value is -3.28. The summed E-state index contributed by atoms with van der Waals surface area (Å²) in [5.74, 6) is 0.136. The summed E-state index contributed by atoms with van der Waals surface area (Å²) in [4.78, 5) is 54.9. The third-order valence-corrected chi connectivity index (χ3v) is 13.5. The highest BCUT2D eigenvalue weighted by molar-refractivity contribution is 8.01. The van der Waals surface area contributed by atoms with Crippen LogP contribution >= 0.6 is 11.8 Å². The summed E-state index contributed by atoms with van der Waals surface area (Å²) in [7, 11) is 2.23. The highest BCUT2D eigenvalue weighted by atomic mass is 32.2. The van der Waals surface area contributed by atoms with E-state index < -0.39 is 5.25 Å². The van der Waals surface area contributed by atoms with Gasteiger partial charge < -0.3 is 29.8 Å². The SMILES string of the molecule is CN1CCC(N2CCN(c3ccccc3C3SC(CC(=O)N4CCC(N5CCc6ccccc6NC5=O)CC4)C(=O)N3CCC(C)(C)C)CC2)CC1. The van der Waals surface area contributed by atoms with Crippen LogP contribution in [0.2, 0.25) is 0 Å². The highest BCUT2D eigenvalue weighted by Crippen LogP contribution is 2.48. The van der Waals surface area contributed by atoms with Crippen LogP contribution in [0.15, 0.2) is 48.5 Å². The van der Waals surface area contributed by atoms with Gasteiger partial charge in [0.1, 0.15) is 5.37 Å². The van der Waals surface area contributed by atoms with Crippen molar-refractivity contribution in [3.05, 3.63) is 59.7 Å². The summed E-state index contributed by atoms with van der Waals surface area (Å²) in [5, 5.41) is 2.57. The normalized spacial score (nSPS) is 24.6. The summed E-state index contributed by atoms with van der Waals surface area (Å²) in [5.41, 5.74) is 4.56. The highest BCUT2D eigenvalue weighted by Gasteiger charge is 2.44. The number of rotatable bonds is 8. The average Bonchev–Trinajstić information content (AvgIpc) is 3.34. The molecule has 0 spiro atoms. The minimum Gasteiger partial charge on any atom is -0.369 e. The van der Waals surface area contributed by atoms with Crippen LogP contribution in [0.25, 0.3) is 0 Å². The van der Waals surface area contributed by atoms with Crippen molar-refractivity contribution in [1.82, 2.24) is 24.5 Å². The lowest BCUT2D eigenvalue weighted by Crippen LogP contribution is -2.53. The number of carbonyl (C=O) groups excluding carboxylic acids is 3. The number of amides is 4. The lowest BCUT2D eigenvalue weighted by Gasteiger charge is -2.43. The van der Waals surface area contributed by atoms with Crippen LogP contribution in [0.4, 0.5) is 16.2 Å². The molecule has 2 aromatic carbocycles. The van der Waals surface area contributed by atoms with Gasteiger partial charge in [0.15, 0.2) is 0 Å². The fourth-order valence-electron chi connectivity index (χ4n) is 8.77. The number of fused-ring (bicyclic) bond motifs is 1. The van der Waals surface area contributed by atoms with Gasteiger partial charge in [-0.15, -0.1) is 11.8 Å². The number of urea groups is 1. The maximum absolute atomic E-state index is 14.2. The Balaban J connectivity index is 0.992. The lowest BCUT2D eigenvalue weighted by molar-refractivity contribution is -0.137. The number of para-hydroxylation sites is 2. The predicted molar refractivity (Wildman–Crippen MR) is 211 cm³/mol. The summed E-state index contributed by atoms with van der Waals surface area (Å²) in [6, 6.07) is 17.4. The predicted octanol–water partition coefficient (Wildman–Crippen LogP) is 5.75. The summed E-state index contributed by atoms with van der Waals surface area (Å²) in [6.45, 7) is 15.7. The molecule has 5 aliphatic rings. The summed E-state index contributed by atoms with van der Waals surface area (Å²) in [6.07, 6.45) is 5.93. The number of nitrogens with zero attached hydrogens (tertiary/aromatic N) is 6. The van der Waals surface area contributed by atoms with Crippen LogP contribution < -0.4 is 10.2 Å². The first-order valence-corrected chi connectivity index (χ1v) is 20.6. The monoisotopic (exact) mass is 729 g/mol. The minimum atomic E-state index is -0.403. The van der Waals surface area contributed by atoms with Crippen LogP contribution in [0.1, 0.15) is 75.8 Å². The van der Waals surface area contributed by atoms with Crippen molar-refractivity contribution in [2.75, 3.05) is 82.7 Å². The van der Waals surface area contributed by atoms with Gasteiger partial charge in [-0.05, 0) is 81.8 Å². The molecule has 282 valence electrons. The third kappa shape index (κ3) is 8.42. The van der Waals surface area contributed by atoms with Gasteiger partial charge in [-0.3, -0.25) is 14.5 Å².